The summed E-state index contributed by atoms with van der Waals surface area (Å²) in [5, 5.41) is 8.79. The molecule has 2 rings (SSSR count). The van der Waals surface area contributed by atoms with Crippen LogP contribution < -0.4 is 0 Å². The first-order valence-corrected chi connectivity index (χ1v) is 7.30. The second-order valence-electron chi connectivity index (χ2n) is 5.06. The van der Waals surface area contributed by atoms with E-state index in [1.165, 1.54) is 17.5 Å². The molecule has 0 radical (unpaired) electrons. The highest BCUT2D eigenvalue weighted by Gasteiger charge is 2.13. The number of hydrogen-bond acceptors (Lipinski definition) is 3. The van der Waals surface area contributed by atoms with E-state index in [0.29, 0.717) is 0 Å². The van der Waals surface area contributed by atoms with Gasteiger partial charge in [0.2, 0.25) is 0 Å². The second-order valence-corrected chi connectivity index (χ2v) is 5.06. The van der Waals surface area contributed by atoms with E-state index in [-0.39, 0.29) is 12.9 Å². The maximum Gasteiger partial charge on any atom is 0.157 e. The molecule has 0 saturated carbocycles. The van der Waals surface area contributed by atoms with Crippen molar-refractivity contribution >= 4 is 0 Å². The maximum atomic E-state index is 8.79. The lowest BCUT2D eigenvalue weighted by Crippen LogP contribution is -2.23. The van der Waals surface area contributed by atoms with E-state index >= 15 is 0 Å². The van der Waals surface area contributed by atoms with E-state index in [9.17, 15) is 0 Å². The Morgan fingerprint density at radius 3 is 2.47 bits per heavy atom. The first-order chi connectivity index (χ1) is 9.38. The van der Waals surface area contributed by atoms with Crippen LogP contribution in [-0.4, -0.2) is 31.2 Å². The van der Waals surface area contributed by atoms with E-state index in [4.69, 9.17) is 14.6 Å². The Morgan fingerprint density at radius 1 is 1.11 bits per heavy atom. The lowest BCUT2D eigenvalue weighted by Gasteiger charge is -2.22. The maximum absolute atomic E-state index is 8.79. The summed E-state index contributed by atoms with van der Waals surface area (Å²) < 4.78 is 11.3. The summed E-state index contributed by atoms with van der Waals surface area (Å²) in [7, 11) is 0. The average Bonchev–Trinajstić information content (AvgIpc) is 2.47. The van der Waals surface area contributed by atoms with Crippen LogP contribution in [0.25, 0.3) is 0 Å². The molecule has 1 saturated heterocycles. The third kappa shape index (κ3) is 5.31. The lowest BCUT2D eigenvalue weighted by atomic mass is 10.1. The fraction of sp³-hybridized carbons (Fsp3) is 0.625. The van der Waals surface area contributed by atoms with Crippen molar-refractivity contribution in [3.63, 3.8) is 0 Å². The Balaban J connectivity index is 1.67. The molecule has 0 amide bonds. The zero-order valence-electron chi connectivity index (χ0n) is 11.5. The van der Waals surface area contributed by atoms with Gasteiger partial charge < -0.3 is 14.6 Å². The molecule has 1 N–H and O–H groups in total. The van der Waals surface area contributed by atoms with Gasteiger partial charge in [0.15, 0.2) is 6.29 Å². The summed E-state index contributed by atoms with van der Waals surface area (Å²) >= 11 is 0. The van der Waals surface area contributed by atoms with E-state index in [2.05, 4.69) is 24.3 Å². The Morgan fingerprint density at radius 2 is 1.84 bits per heavy atom. The number of aliphatic hydroxyl groups is 1. The molecular formula is C16H24O3. The number of benzene rings is 1. The molecule has 0 spiro atoms. The summed E-state index contributed by atoms with van der Waals surface area (Å²) in [6.45, 7) is 1.82. The minimum atomic E-state index is 0.0116. The fourth-order valence-electron chi connectivity index (χ4n) is 2.31. The van der Waals surface area contributed by atoms with Crippen LogP contribution in [0, 0.1) is 0 Å². The summed E-state index contributed by atoms with van der Waals surface area (Å²) in [5.41, 5.74) is 2.58. The van der Waals surface area contributed by atoms with Crippen LogP contribution in [0.1, 0.15) is 36.8 Å². The normalized spacial score (nSPS) is 19.5. The van der Waals surface area contributed by atoms with Crippen LogP contribution in [0.5, 0.6) is 0 Å². The molecule has 1 unspecified atom stereocenters. The fourth-order valence-corrected chi connectivity index (χ4v) is 2.31. The molecule has 1 atom stereocenters. The third-order valence-corrected chi connectivity index (χ3v) is 3.48. The second kappa shape index (κ2) is 8.31. The first-order valence-electron chi connectivity index (χ1n) is 7.30. The minimum absolute atomic E-state index is 0.0116. The predicted molar refractivity (Wildman–Crippen MR) is 75.1 cm³/mol. The molecule has 0 aromatic heterocycles. The molecule has 1 aromatic carbocycles. The standard InChI is InChI=1S/C16H24O3/c17-11-3-4-14-6-8-15(9-7-14)10-13-19-16-5-1-2-12-18-16/h6-9,16-17H,1-5,10-13H2. The number of aryl methyl sites for hydroxylation is 1. The van der Waals surface area contributed by atoms with Crippen LogP contribution in [-0.2, 0) is 22.3 Å². The van der Waals surface area contributed by atoms with Crippen LogP contribution >= 0.6 is 0 Å². The van der Waals surface area contributed by atoms with E-state index < -0.39 is 0 Å². The molecule has 106 valence electrons. The average molecular weight is 264 g/mol. The third-order valence-electron chi connectivity index (χ3n) is 3.48. The molecule has 1 heterocycles. The van der Waals surface area contributed by atoms with Gasteiger partial charge in [-0.1, -0.05) is 24.3 Å². The van der Waals surface area contributed by atoms with Crippen molar-refractivity contribution in [2.75, 3.05) is 19.8 Å². The summed E-state index contributed by atoms with van der Waals surface area (Å²) in [6, 6.07) is 8.58. The SMILES string of the molecule is OCCCc1ccc(CCOC2CCCCO2)cc1. The molecule has 1 fully saturated rings. The highest BCUT2D eigenvalue weighted by atomic mass is 16.7. The largest absolute Gasteiger partial charge is 0.396 e. The molecular weight excluding hydrogens is 240 g/mol. The van der Waals surface area contributed by atoms with Crippen LogP contribution in [0.2, 0.25) is 0 Å². The van der Waals surface area contributed by atoms with Crippen LogP contribution in [0.4, 0.5) is 0 Å². The van der Waals surface area contributed by atoms with Crippen molar-refractivity contribution in [2.45, 2.75) is 44.8 Å². The van der Waals surface area contributed by atoms with Crippen molar-refractivity contribution in [2.24, 2.45) is 0 Å². The zero-order chi connectivity index (χ0) is 13.3. The lowest BCUT2D eigenvalue weighted by molar-refractivity contribution is -0.161. The van der Waals surface area contributed by atoms with Crippen LogP contribution in [0.3, 0.4) is 0 Å². The van der Waals surface area contributed by atoms with Gasteiger partial charge in [-0.25, -0.2) is 0 Å². The highest BCUT2D eigenvalue weighted by molar-refractivity contribution is 5.22. The highest BCUT2D eigenvalue weighted by Crippen LogP contribution is 2.14. The molecule has 19 heavy (non-hydrogen) atoms. The van der Waals surface area contributed by atoms with Gasteiger partial charge in [0.05, 0.1) is 6.61 Å². The molecule has 1 aliphatic rings. The number of rotatable bonds is 7. The predicted octanol–water partition coefficient (Wildman–Crippen LogP) is 2.70. The first kappa shape index (κ1) is 14.5. The van der Waals surface area contributed by atoms with Gasteiger partial charge in [0.1, 0.15) is 0 Å². The van der Waals surface area contributed by atoms with E-state index in [1.54, 1.807) is 0 Å². The monoisotopic (exact) mass is 264 g/mol. The van der Waals surface area contributed by atoms with Gasteiger partial charge in [-0.15, -0.1) is 0 Å². The summed E-state index contributed by atoms with van der Waals surface area (Å²) in [6.07, 6.45) is 6.13. The van der Waals surface area contributed by atoms with E-state index in [1.807, 2.05) is 0 Å². The van der Waals surface area contributed by atoms with Gasteiger partial charge in [-0.3, -0.25) is 0 Å². The number of ether oxygens (including phenoxy) is 2. The van der Waals surface area contributed by atoms with Crippen molar-refractivity contribution in [3.8, 4) is 0 Å². The Hall–Kier alpha value is -0.900. The minimum Gasteiger partial charge on any atom is -0.396 e. The number of aliphatic hydroxyl groups excluding tert-OH is 1. The van der Waals surface area contributed by atoms with Crippen LogP contribution in [0.15, 0.2) is 24.3 Å². The van der Waals surface area contributed by atoms with Crippen molar-refractivity contribution in [1.82, 2.24) is 0 Å². The van der Waals surface area contributed by atoms with Gasteiger partial charge in [-0.2, -0.15) is 0 Å². The molecule has 0 aliphatic carbocycles. The van der Waals surface area contributed by atoms with Crippen molar-refractivity contribution in [3.05, 3.63) is 35.4 Å². The van der Waals surface area contributed by atoms with Gasteiger partial charge in [0, 0.05) is 13.2 Å². The smallest absolute Gasteiger partial charge is 0.157 e. The zero-order valence-corrected chi connectivity index (χ0v) is 11.5. The molecule has 0 bridgehead atoms. The Labute approximate surface area is 115 Å². The summed E-state index contributed by atoms with van der Waals surface area (Å²) in [4.78, 5) is 0. The van der Waals surface area contributed by atoms with Crippen molar-refractivity contribution < 1.29 is 14.6 Å². The Kier molecular flexibility index (Phi) is 6.34. The van der Waals surface area contributed by atoms with Gasteiger partial charge in [0.25, 0.3) is 0 Å². The quantitative estimate of drug-likeness (QED) is 0.823. The van der Waals surface area contributed by atoms with Gasteiger partial charge in [-0.05, 0) is 49.7 Å². The molecule has 1 aromatic rings. The van der Waals surface area contributed by atoms with Crippen molar-refractivity contribution in [1.29, 1.82) is 0 Å². The topological polar surface area (TPSA) is 38.7 Å². The van der Waals surface area contributed by atoms with Gasteiger partial charge >= 0.3 is 0 Å². The summed E-state index contributed by atoms with van der Waals surface area (Å²) in [5.74, 6) is 0. The van der Waals surface area contributed by atoms with E-state index in [0.717, 1.165) is 45.3 Å². The molecule has 3 nitrogen and oxygen atoms in total. The number of hydrogen-bond donors (Lipinski definition) is 1. The molecule has 1 aliphatic heterocycles. The molecule has 3 heteroatoms. The Bertz CT molecular complexity index is 342.